The molecule has 0 radical (unpaired) electrons. The van der Waals surface area contributed by atoms with E-state index in [0.717, 1.165) is 13.1 Å². The third-order valence-corrected chi connectivity index (χ3v) is 3.96. The maximum absolute atomic E-state index is 12.7. The van der Waals surface area contributed by atoms with E-state index >= 15 is 0 Å². The minimum Gasteiger partial charge on any atom is -0.373 e. The Hall–Kier alpha value is -1.86. The molecule has 1 aromatic heterocycles. The summed E-state index contributed by atoms with van der Waals surface area (Å²) in [7, 11) is 0. The number of nitrogens with two attached hydrogens (primary N) is 1. The van der Waals surface area contributed by atoms with Gasteiger partial charge in [-0.05, 0) is 25.8 Å². The normalized spacial score (nSPS) is 23.7. The summed E-state index contributed by atoms with van der Waals surface area (Å²) >= 11 is 0. The molecule has 4 N–H and O–H groups in total. The van der Waals surface area contributed by atoms with Crippen LogP contribution in [0.1, 0.15) is 38.2 Å². The second kappa shape index (κ2) is 7.14. The van der Waals surface area contributed by atoms with Crippen LogP contribution in [0.15, 0.2) is 12.3 Å². The first-order valence-electron chi connectivity index (χ1n) is 7.96. The largest absolute Gasteiger partial charge is 0.373 e. The quantitative estimate of drug-likeness (QED) is 0.758. The summed E-state index contributed by atoms with van der Waals surface area (Å²) < 4.78 is 5.74. The van der Waals surface area contributed by atoms with E-state index in [1.54, 1.807) is 12.3 Å². The first-order valence-corrected chi connectivity index (χ1v) is 7.96. The fourth-order valence-corrected chi connectivity index (χ4v) is 3.16. The van der Waals surface area contributed by atoms with Crippen molar-refractivity contribution in [1.82, 2.24) is 9.88 Å². The number of aromatic nitrogens is 1. The minimum absolute atomic E-state index is 0.0867. The van der Waals surface area contributed by atoms with Gasteiger partial charge >= 0.3 is 0 Å². The molecule has 1 aromatic rings. The molecule has 7 heteroatoms. The van der Waals surface area contributed by atoms with Gasteiger partial charge in [0.05, 0.1) is 23.9 Å². The smallest absolute Gasteiger partial charge is 0.265 e. The van der Waals surface area contributed by atoms with Crippen LogP contribution in [0.4, 0.5) is 5.69 Å². The highest BCUT2D eigenvalue weighted by Gasteiger charge is 2.34. The third kappa shape index (κ3) is 4.33. The Labute approximate surface area is 136 Å². The van der Waals surface area contributed by atoms with Crippen LogP contribution in [-0.4, -0.2) is 53.0 Å². The maximum Gasteiger partial charge on any atom is 0.265 e. The lowest BCUT2D eigenvalue weighted by Gasteiger charge is -2.40. The number of nitrogens with one attached hydrogen (secondary N) is 2. The first kappa shape index (κ1) is 17.5. The van der Waals surface area contributed by atoms with E-state index in [-0.39, 0.29) is 35.8 Å². The fourth-order valence-electron chi connectivity index (χ4n) is 3.16. The first-order chi connectivity index (χ1) is 10.8. The number of morpholine rings is 1. The number of nitrogens with zero attached hydrogens (tertiary/aromatic N) is 1. The van der Waals surface area contributed by atoms with E-state index in [0.29, 0.717) is 5.69 Å². The van der Waals surface area contributed by atoms with Crippen molar-refractivity contribution in [2.75, 3.05) is 18.4 Å². The summed E-state index contributed by atoms with van der Waals surface area (Å²) in [4.78, 5) is 28.8. The molecule has 2 rings (SSSR count). The molecule has 1 saturated heterocycles. The van der Waals surface area contributed by atoms with Crippen molar-refractivity contribution in [2.24, 2.45) is 11.7 Å². The molecule has 2 amide bonds. The van der Waals surface area contributed by atoms with E-state index in [9.17, 15) is 9.59 Å². The van der Waals surface area contributed by atoms with Crippen molar-refractivity contribution in [2.45, 2.75) is 45.9 Å². The molecule has 7 nitrogen and oxygen atoms in total. The van der Waals surface area contributed by atoms with Gasteiger partial charge in [-0.3, -0.25) is 14.5 Å². The van der Waals surface area contributed by atoms with Gasteiger partial charge in [-0.15, -0.1) is 0 Å². The number of aromatic amines is 1. The molecule has 23 heavy (non-hydrogen) atoms. The number of carbonyl (C=O) groups is 2. The summed E-state index contributed by atoms with van der Waals surface area (Å²) in [6.07, 6.45) is 1.77. The van der Waals surface area contributed by atoms with Gasteiger partial charge in [0.15, 0.2) is 0 Å². The van der Waals surface area contributed by atoms with E-state index in [2.05, 4.69) is 15.2 Å². The topological polar surface area (TPSA) is 100 Å². The summed E-state index contributed by atoms with van der Waals surface area (Å²) in [5, 5.41) is 2.87. The molecule has 0 aromatic carbocycles. The molecule has 0 saturated carbocycles. The van der Waals surface area contributed by atoms with Gasteiger partial charge < -0.3 is 20.8 Å². The highest BCUT2D eigenvalue weighted by atomic mass is 16.5. The van der Waals surface area contributed by atoms with E-state index in [1.165, 1.54) is 0 Å². The van der Waals surface area contributed by atoms with Gasteiger partial charge in [0.2, 0.25) is 5.91 Å². The van der Waals surface area contributed by atoms with Gasteiger partial charge in [0.25, 0.3) is 5.91 Å². The van der Waals surface area contributed by atoms with E-state index in [1.807, 2.05) is 27.7 Å². The number of hydrogen-bond acceptors (Lipinski definition) is 4. The Morgan fingerprint density at radius 1 is 1.35 bits per heavy atom. The van der Waals surface area contributed by atoms with Gasteiger partial charge in [-0.2, -0.15) is 0 Å². The van der Waals surface area contributed by atoms with Crippen LogP contribution in [-0.2, 0) is 9.53 Å². The molecular weight excluding hydrogens is 296 g/mol. The molecule has 1 fully saturated rings. The number of primary amides is 1. The van der Waals surface area contributed by atoms with Crippen LogP contribution in [0, 0.1) is 5.92 Å². The zero-order chi connectivity index (χ0) is 17.1. The molecule has 0 spiro atoms. The van der Waals surface area contributed by atoms with Crippen LogP contribution < -0.4 is 11.1 Å². The van der Waals surface area contributed by atoms with Crippen molar-refractivity contribution in [3.63, 3.8) is 0 Å². The molecule has 3 unspecified atom stereocenters. The lowest BCUT2D eigenvalue weighted by atomic mass is 9.99. The predicted octanol–water partition coefficient (Wildman–Crippen LogP) is 1.19. The van der Waals surface area contributed by atoms with Crippen molar-refractivity contribution in [1.29, 1.82) is 0 Å². The van der Waals surface area contributed by atoms with Crippen LogP contribution in [0.5, 0.6) is 0 Å². The number of carbonyl (C=O) groups excluding carboxylic acids is 2. The number of ether oxygens (including phenoxy) is 1. The number of hydrogen-bond donors (Lipinski definition) is 3. The van der Waals surface area contributed by atoms with Crippen molar-refractivity contribution < 1.29 is 14.3 Å². The monoisotopic (exact) mass is 322 g/mol. The molecule has 1 aliphatic rings. The average molecular weight is 322 g/mol. The summed E-state index contributed by atoms with van der Waals surface area (Å²) in [5.41, 5.74) is 6.03. The van der Waals surface area contributed by atoms with E-state index in [4.69, 9.17) is 10.5 Å². The Morgan fingerprint density at radius 3 is 2.43 bits per heavy atom. The van der Waals surface area contributed by atoms with Crippen LogP contribution >= 0.6 is 0 Å². The third-order valence-electron chi connectivity index (χ3n) is 3.96. The molecule has 2 heterocycles. The van der Waals surface area contributed by atoms with Gasteiger partial charge in [0, 0.05) is 19.3 Å². The van der Waals surface area contributed by atoms with Crippen LogP contribution in [0.25, 0.3) is 0 Å². The number of anilines is 1. The lowest BCUT2D eigenvalue weighted by molar-refractivity contribution is -0.130. The lowest BCUT2D eigenvalue weighted by Crippen LogP contribution is -2.55. The highest BCUT2D eigenvalue weighted by molar-refractivity contribution is 5.97. The molecule has 1 aliphatic heterocycles. The molecule has 3 atom stereocenters. The van der Waals surface area contributed by atoms with Crippen LogP contribution in [0.2, 0.25) is 0 Å². The highest BCUT2D eigenvalue weighted by Crippen LogP contribution is 2.20. The van der Waals surface area contributed by atoms with Crippen molar-refractivity contribution >= 4 is 17.5 Å². The summed E-state index contributed by atoms with van der Waals surface area (Å²) in [5.74, 6) is -0.486. The Balaban J connectivity index is 2.10. The fraction of sp³-hybridized carbons (Fsp3) is 0.625. The van der Waals surface area contributed by atoms with Gasteiger partial charge in [-0.1, -0.05) is 13.8 Å². The van der Waals surface area contributed by atoms with E-state index < -0.39 is 5.91 Å². The number of H-pyrrole nitrogens is 1. The van der Waals surface area contributed by atoms with Crippen LogP contribution in [0.3, 0.4) is 0 Å². The zero-order valence-corrected chi connectivity index (χ0v) is 14.1. The Morgan fingerprint density at radius 2 is 1.96 bits per heavy atom. The second-order valence-corrected chi connectivity index (χ2v) is 6.56. The predicted molar refractivity (Wildman–Crippen MR) is 88.1 cm³/mol. The average Bonchev–Trinajstić information content (AvgIpc) is 2.85. The Kier molecular flexibility index (Phi) is 5.43. The maximum atomic E-state index is 12.7. The van der Waals surface area contributed by atoms with Gasteiger partial charge in [-0.25, -0.2) is 0 Å². The molecule has 0 bridgehead atoms. The summed E-state index contributed by atoms with van der Waals surface area (Å²) in [6.45, 7) is 9.54. The van der Waals surface area contributed by atoms with Gasteiger partial charge in [0.1, 0.15) is 5.69 Å². The second-order valence-electron chi connectivity index (χ2n) is 6.56. The Bertz CT molecular complexity index is 559. The number of amides is 2. The SMILES string of the molecule is CC1CN(C(C(=O)Nc2c[nH]c(C(N)=O)c2)C(C)C)CC(C)O1. The summed E-state index contributed by atoms with van der Waals surface area (Å²) in [6, 6.07) is 1.29. The number of rotatable bonds is 5. The molecule has 0 aliphatic carbocycles. The van der Waals surface area contributed by atoms with Crippen molar-refractivity contribution in [3.8, 4) is 0 Å². The van der Waals surface area contributed by atoms with Crippen molar-refractivity contribution in [3.05, 3.63) is 18.0 Å². The zero-order valence-electron chi connectivity index (χ0n) is 14.1. The standard InChI is InChI=1S/C16H26N4O3/c1-9(2)14(20-7-10(3)23-11(4)8-20)16(22)19-12-5-13(15(17)21)18-6-12/h5-6,9-11,14,18H,7-8H2,1-4H3,(H2,17,21)(H,19,22). The molecular formula is C16H26N4O3. The molecule has 128 valence electrons. The minimum atomic E-state index is -0.554.